The second-order valence-corrected chi connectivity index (χ2v) is 9.04. The number of aromatic hydroxyl groups is 1. The molecule has 0 atom stereocenters. The monoisotopic (exact) mass is 594 g/mol. The maximum absolute atomic E-state index is 12.6. The molecule has 0 radical (unpaired) electrons. The molecule has 12 heteroatoms. The first-order valence-electron chi connectivity index (χ1n) is 12.6. The third-order valence-electron chi connectivity index (χ3n) is 5.13. The van der Waals surface area contributed by atoms with E-state index in [1.165, 1.54) is 6.07 Å². The second-order valence-electron chi connectivity index (χ2n) is 8.01. The predicted molar refractivity (Wildman–Crippen MR) is 158 cm³/mol. The quantitative estimate of drug-likeness (QED) is 0.189. The summed E-state index contributed by atoms with van der Waals surface area (Å²) in [4.78, 5) is 17.5. The molecule has 0 spiro atoms. The van der Waals surface area contributed by atoms with E-state index in [4.69, 9.17) is 29.4 Å². The standard InChI is InChI=1S/C28H34N2O8S.ClH/c1-2-37-28(33)25-26(32)24(39-27(25)30-21-6-4-3-5-7-21)19-20-8-9-23(22(31)18-20)38-17-16-36-15-14-35-13-12-34-11-10-29;/h3-9,18-19,31-32H,2,10-17,29H2,1H3;1H/b24-19-,30-27?;. The fourth-order valence-electron chi connectivity index (χ4n) is 3.34. The zero-order chi connectivity index (χ0) is 27.9. The molecule has 0 fully saturated rings. The van der Waals surface area contributed by atoms with Gasteiger partial charge < -0.3 is 39.6 Å². The Morgan fingerprint density at radius 3 is 2.23 bits per heavy atom. The average molecular weight is 595 g/mol. The van der Waals surface area contributed by atoms with Gasteiger partial charge in [-0.05, 0) is 42.8 Å². The number of esters is 1. The number of nitrogens with two attached hydrogens (primary N) is 1. The molecule has 1 heterocycles. The number of para-hydroxylation sites is 1. The number of halogens is 1. The highest BCUT2D eigenvalue weighted by Gasteiger charge is 2.33. The Kier molecular flexibility index (Phi) is 15.2. The minimum atomic E-state index is -0.655. The molecule has 0 bridgehead atoms. The van der Waals surface area contributed by atoms with Crippen molar-refractivity contribution in [2.75, 3.05) is 59.4 Å². The lowest BCUT2D eigenvalue weighted by Gasteiger charge is -2.10. The molecule has 1 aliphatic rings. The fourth-order valence-corrected chi connectivity index (χ4v) is 4.38. The van der Waals surface area contributed by atoms with E-state index in [9.17, 15) is 15.0 Å². The van der Waals surface area contributed by atoms with Crippen LogP contribution in [0.2, 0.25) is 0 Å². The first-order valence-corrected chi connectivity index (χ1v) is 13.4. The molecule has 3 rings (SSSR count). The smallest absolute Gasteiger partial charge is 0.344 e. The van der Waals surface area contributed by atoms with E-state index in [0.717, 1.165) is 11.8 Å². The van der Waals surface area contributed by atoms with Crippen molar-refractivity contribution < 1.29 is 38.7 Å². The number of hydrogen-bond acceptors (Lipinski definition) is 11. The Morgan fingerprint density at radius 1 is 0.950 bits per heavy atom. The van der Waals surface area contributed by atoms with Crippen molar-refractivity contribution in [3.8, 4) is 11.5 Å². The van der Waals surface area contributed by atoms with Gasteiger partial charge in [-0.15, -0.1) is 12.4 Å². The number of phenols is 1. The van der Waals surface area contributed by atoms with E-state index in [1.807, 2.05) is 18.2 Å². The average Bonchev–Trinajstić information content (AvgIpc) is 3.23. The molecule has 0 amide bonds. The fraction of sp³-hybridized carbons (Fsp3) is 0.357. The lowest BCUT2D eigenvalue weighted by Crippen LogP contribution is -2.14. The van der Waals surface area contributed by atoms with E-state index in [-0.39, 0.29) is 42.7 Å². The van der Waals surface area contributed by atoms with Crippen molar-refractivity contribution in [2.45, 2.75) is 6.92 Å². The first-order chi connectivity index (χ1) is 19.0. The Morgan fingerprint density at radius 2 is 1.60 bits per heavy atom. The number of rotatable bonds is 16. The Bertz CT molecular complexity index is 1170. The topological polar surface area (TPSA) is 142 Å². The number of phenolic OH excluding ortho intramolecular Hbond substituents is 1. The highest BCUT2D eigenvalue weighted by Crippen LogP contribution is 2.40. The number of ether oxygens (including phenoxy) is 5. The van der Waals surface area contributed by atoms with Gasteiger partial charge in [0.2, 0.25) is 0 Å². The second kappa shape index (κ2) is 18.3. The third-order valence-corrected chi connectivity index (χ3v) is 6.15. The Labute approximate surface area is 244 Å². The van der Waals surface area contributed by atoms with Crippen molar-refractivity contribution in [3.63, 3.8) is 0 Å². The van der Waals surface area contributed by atoms with Crippen molar-refractivity contribution >= 4 is 46.9 Å². The van der Waals surface area contributed by atoms with Gasteiger partial charge >= 0.3 is 5.97 Å². The normalized spacial score (nSPS) is 14.9. The largest absolute Gasteiger partial charge is 0.506 e. The van der Waals surface area contributed by atoms with E-state index in [0.29, 0.717) is 73.1 Å². The summed E-state index contributed by atoms with van der Waals surface area (Å²) in [5, 5.41) is 21.6. The number of carbonyl (C=O) groups is 1. The predicted octanol–water partition coefficient (Wildman–Crippen LogP) is 4.39. The molecule has 40 heavy (non-hydrogen) atoms. The number of aliphatic imine (C=N–C) groups is 1. The van der Waals surface area contributed by atoms with Crippen LogP contribution in [-0.2, 0) is 23.7 Å². The summed E-state index contributed by atoms with van der Waals surface area (Å²) in [5.74, 6) is -0.651. The number of aliphatic hydroxyl groups excluding tert-OH is 1. The molecule has 2 aromatic rings. The first kappa shape index (κ1) is 33.1. The highest BCUT2D eigenvalue weighted by atomic mass is 35.5. The van der Waals surface area contributed by atoms with Gasteiger partial charge in [-0.2, -0.15) is 0 Å². The van der Waals surface area contributed by atoms with Crippen LogP contribution in [0.4, 0.5) is 5.69 Å². The van der Waals surface area contributed by atoms with Crippen LogP contribution >= 0.6 is 24.2 Å². The van der Waals surface area contributed by atoms with Gasteiger partial charge in [0, 0.05) is 6.54 Å². The molecule has 2 aromatic carbocycles. The van der Waals surface area contributed by atoms with Gasteiger partial charge in [-0.1, -0.05) is 36.0 Å². The summed E-state index contributed by atoms with van der Waals surface area (Å²) < 4.78 is 26.8. The van der Waals surface area contributed by atoms with Crippen LogP contribution in [0.3, 0.4) is 0 Å². The Hall–Kier alpha value is -3.06. The Balaban J connectivity index is 0.00000560. The van der Waals surface area contributed by atoms with Crippen LogP contribution in [0.25, 0.3) is 6.08 Å². The summed E-state index contributed by atoms with van der Waals surface area (Å²) in [6.07, 6.45) is 1.65. The van der Waals surface area contributed by atoms with Crippen LogP contribution in [0.5, 0.6) is 11.5 Å². The maximum atomic E-state index is 12.6. The molecule has 4 N–H and O–H groups in total. The molecular formula is C28H35ClN2O8S. The van der Waals surface area contributed by atoms with E-state index < -0.39 is 5.97 Å². The number of thioether (sulfide) groups is 1. The molecule has 1 aliphatic heterocycles. The molecule has 0 saturated carbocycles. The summed E-state index contributed by atoms with van der Waals surface area (Å²) in [7, 11) is 0. The summed E-state index contributed by atoms with van der Waals surface area (Å²) in [5.41, 5.74) is 6.58. The van der Waals surface area contributed by atoms with Gasteiger partial charge in [-0.25, -0.2) is 9.79 Å². The van der Waals surface area contributed by atoms with E-state index in [1.54, 1.807) is 37.3 Å². The number of hydrogen-bond donors (Lipinski definition) is 3. The highest BCUT2D eigenvalue weighted by molar-refractivity contribution is 8.18. The van der Waals surface area contributed by atoms with Gasteiger partial charge in [0.05, 0.1) is 56.8 Å². The minimum absolute atomic E-state index is 0. The molecule has 0 unspecified atom stereocenters. The van der Waals surface area contributed by atoms with Gasteiger partial charge in [0.15, 0.2) is 11.5 Å². The summed E-state index contributed by atoms with van der Waals surface area (Å²) in [6.45, 7) is 5.26. The number of benzene rings is 2. The van der Waals surface area contributed by atoms with Gasteiger partial charge in [0.1, 0.15) is 23.0 Å². The molecule has 10 nitrogen and oxygen atoms in total. The van der Waals surface area contributed by atoms with Crippen LogP contribution in [0.15, 0.2) is 69.8 Å². The van der Waals surface area contributed by atoms with E-state index in [2.05, 4.69) is 4.99 Å². The van der Waals surface area contributed by atoms with Crippen molar-refractivity contribution in [1.29, 1.82) is 0 Å². The molecule has 218 valence electrons. The van der Waals surface area contributed by atoms with Crippen LogP contribution in [-0.4, -0.2) is 80.6 Å². The third kappa shape index (κ3) is 10.5. The zero-order valence-electron chi connectivity index (χ0n) is 22.2. The van der Waals surface area contributed by atoms with Gasteiger partial charge in [-0.3, -0.25) is 0 Å². The molecule has 0 aromatic heterocycles. The lowest BCUT2D eigenvalue weighted by molar-refractivity contribution is -0.138. The van der Waals surface area contributed by atoms with Crippen molar-refractivity contribution in [1.82, 2.24) is 0 Å². The summed E-state index contributed by atoms with van der Waals surface area (Å²) in [6, 6.07) is 14.0. The number of carbonyl (C=O) groups excluding carboxylic acids is 1. The molecule has 0 saturated heterocycles. The van der Waals surface area contributed by atoms with Crippen molar-refractivity contribution in [3.05, 3.63) is 70.3 Å². The SMILES string of the molecule is CCOC(=O)C1=C(O)/C(=C/c2ccc(OCCOCCOCCOCCN)c(O)c2)SC1=Nc1ccccc1.Cl. The van der Waals surface area contributed by atoms with Crippen LogP contribution in [0.1, 0.15) is 12.5 Å². The lowest BCUT2D eigenvalue weighted by atomic mass is 10.1. The molecule has 0 aliphatic carbocycles. The maximum Gasteiger partial charge on any atom is 0.344 e. The number of nitrogens with zero attached hydrogens (tertiary/aromatic N) is 1. The molecular weight excluding hydrogens is 560 g/mol. The van der Waals surface area contributed by atoms with E-state index >= 15 is 0 Å². The van der Waals surface area contributed by atoms with Crippen molar-refractivity contribution in [2.24, 2.45) is 10.7 Å². The minimum Gasteiger partial charge on any atom is -0.506 e. The van der Waals surface area contributed by atoms with Crippen LogP contribution < -0.4 is 10.5 Å². The van der Waals surface area contributed by atoms with Crippen LogP contribution in [0, 0.1) is 0 Å². The zero-order valence-corrected chi connectivity index (χ0v) is 23.9. The number of aliphatic hydroxyl groups is 1. The van der Waals surface area contributed by atoms with Gasteiger partial charge in [0.25, 0.3) is 0 Å². The summed E-state index contributed by atoms with van der Waals surface area (Å²) >= 11 is 1.14.